The Hall–Kier alpha value is -2.70. The Morgan fingerprint density at radius 1 is 1.36 bits per heavy atom. The van der Waals surface area contributed by atoms with E-state index in [-0.39, 0.29) is 6.61 Å². The van der Waals surface area contributed by atoms with Crippen LogP contribution in [0.5, 0.6) is 5.75 Å². The zero-order valence-corrected chi connectivity index (χ0v) is 14.9. The number of carbonyl (C=O) groups excluding carboxylic acids is 1. The lowest BCUT2D eigenvalue weighted by Gasteiger charge is -2.16. The van der Waals surface area contributed by atoms with E-state index in [4.69, 9.17) is 4.74 Å². The van der Waals surface area contributed by atoms with Gasteiger partial charge < -0.3 is 13.5 Å². The van der Waals surface area contributed by atoms with Crippen molar-refractivity contribution in [2.75, 3.05) is 6.61 Å². The Labute approximate surface area is 154 Å². The molecule has 0 atom stereocenters. The van der Waals surface area contributed by atoms with Gasteiger partial charge >= 0.3 is 21.6 Å². The van der Waals surface area contributed by atoms with Crippen LogP contribution < -0.4 is 9.61 Å². The summed E-state index contributed by atoms with van der Waals surface area (Å²) in [6.07, 6.45) is 2.33. The number of ether oxygens (including phenoxy) is 1. The molecule has 8 nitrogen and oxygen atoms in total. The highest BCUT2D eigenvalue weighted by Crippen LogP contribution is 2.40. The van der Waals surface area contributed by atoms with E-state index < -0.39 is 61.2 Å². The van der Waals surface area contributed by atoms with Crippen molar-refractivity contribution in [3.05, 3.63) is 34.0 Å². The van der Waals surface area contributed by atoms with E-state index in [0.29, 0.717) is 19.0 Å². The van der Waals surface area contributed by atoms with Crippen LogP contribution in [0.15, 0.2) is 17.2 Å². The van der Waals surface area contributed by atoms with Gasteiger partial charge in [0, 0.05) is 12.2 Å². The summed E-state index contributed by atoms with van der Waals surface area (Å²) in [6, 6.07) is -0.407. The quantitative estimate of drug-likeness (QED) is 0.314. The van der Waals surface area contributed by atoms with Crippen LogP contribution in [0.4, 0.5) is 17.6 Å². The Kier molecular flexibility index (Phi) is 4.81. The Morgan fingerprint density at radius 2 is 2.00 bits per heavy atom. The Balaban J connectivity index is 2.32. The molecule has 0 aromatic carbocycles. The SMILES string of the molecule is CCOC(=O)c1cn(C2CC2)c2c(OS(=O)(=O)C(F)(F)F)c(F)cnc2c1=O. The molecule has 0 spiro atoms. The topological polar surface area (TPSA) is 105 Å². The summed E-state index contributed by atoms with van der Waals surface area (Å²) < 4.78 is 84.8. The number of carbonyl (C=O) groups is 1. The van der Waals surface area contributed by atoms with E-state index in [1.54, 1.807) is 0 Å². The number of halogens is 4. The van der Waals surface area contributed by atoms with Crippen molar-refractivity contribution in [2.24, 2.45) is 0 Å². The Morgan fingerprint density at radius 3 is 2.54 bits per heavy atom. The number of pyridine rings is 2. The van der Waals surface area contributed by atoms with Crippen molar-refractivity contribution in [2.45, 2.75) is 31.3 Å². The number of alkyl halides is 3. The van der Waals surface area contributed by atoms with Crippen LogP contribution in [0, 0.1) is 5.82 Å². The molecule has 1 aliphatic rings. The van der Waals surface area contributed by atoms with Crippen molar-refractivity contribution in [3.8, 4) is 5.75 Å². The monoisotopic (exact) mass is 424 g/mol. The first kappa shape index (κ1) is 20.0. The Bertz CT molecular complexity index is 1120. The summed E-state index contributed by atoms with van der Waals surface area (Å²) >= 11 is 0. The fourth-order valence-corrected chi connectivity index (χ4v) is 2.96. The molecule has 13 heteroatoms. The zero-order valence-electron chi connectivity index (χ0n) is 14.1. The maximum Gasteiger partial charge on any atom is 0.534 e. The molecule has 0 radical (unpaired) electrons. The highest BCUT2D eigenvalue weighted by Gasteiger charge is 2.49. The smallest absolute Gasteiger partial charge is 0.462 e. The zero-order chi connectivity index (χ0) is 20.9. The van der Waals surface area contributed by atoms with Crippen LogP contribution in [-0.4, -0.2) is 36.1 Å². The fourth-order valence-electron chi connectivity index (χ4n) is 2.49. The van der Waals surface area contributed by atoms with Gasteiger partial charge in [-0.05, 0) is 19.8 Å². The van der Waals surface area contributed by atoms with Crippen LogP contribution in [0.25, 0.3) is 11.0 Å². The van der Waals surface area contributed by atoms with Crippen molar-refractivity contribution in [3.63, 3.8) is 0 Å². The summed E-state index contributed by atoms with van der Waals surface area (Å²) in [5.41, 5.74) is -8.55. The normalized spacial score (nSPS) is 14.9. The molecule has 0 saturated heterocycles. The largest absolute Gasteiger partial charge is 0.534 e. The minimum atomic E-state index is -6.21. The van der Waals surface area contributed by atoms with Crippen LogP contribution in [0.1, 0.15) is 36.2 Å². The average Bonchev–Trinajstić information content (AvgIpc) is 3.41. The van der Waals surface area contributed by atoms with E-state index in [1.165, 1.54) is 6.92 Å². The number of hydrogen-bond acceptors (Lipinski definition) is 7. The summed E-state index contributed by atoms with van der Waals surface area (Å²) in [7, 11) is -6.21. The molecule has 1 fully saturated rings. The van der Waals surface area contributed by atoms with Crippen LogP contribution in [0.3, 0.4) is 0 Å². The lowest BCUT2D eigenvalue weighted by molar-refractivity contribution is -0.0500. The number of nitrogens with zero attached hydrogens (tertiary/aromatic N) is 2. The van der Waals surface area contributed by atoms with Crippen LogP contribution in [0.2, 0.25) is 0 Å². The summed E-state index contributed by atoms with van der Waals surface area (Å²) in [4.78, 5) is 28.1. The maximum absolute atomic E-state index is 14.2. The minimum absolute atomic E-state index is 0.0469. The van der Waals surface area contributed by atoms with E-state index in [1.807, 2.05) is 0 Å². The third kappa shape index (κ3) is 3.41. The van der Waals surface area contributed by atoms with Crippen molar-refractivity contribution in [1.29, 1.82) is 0 Å². The second-order valence-corrected chi connectivity index (χ2v) is 7.38. The fraction of sp³-hybridized carbons (Fsp3) is 0.400. The number of esters is 1. The molecule has 0 amide bonds. The summed E-state index contributed by atoms with van der Waals surface area (Å²) in [5, 5.41) is 0. The number of fused-ring (bicyclic) bond motifs is 1. The number of rotatable bonds is 5. The second-order valence-electron chi connectivity index (χ2n) is 5.85. The number of aromatic nitrogens is 2. The van der Waals surface area contributed by atoms with E-state index in [0.717, 1.165) is 10.8 Å². The van der Waals surface area contributed by atoms with E-state index in [9.17, 15) is 35.6 Å². The summed E-state index contributed by atoms with van der Waals surface area (Å²) in [6.45, 7) is 1.45. The molecule has 28 heavy (non-hydrogen) atoms. The maximum atomic E-state index is 14.2. The molecule has 0 N–H and O–H groups in total. The predicted octanol–water partition coefficient (Wildman–Crippen LogP) is 2.28. The lowest BCUT2D eigenvalue weighted by atomic mass is 10.2. The summed E-state index contributed by atoms with van der Waals surface area (Å²) in [5.74, 6) is -3.83. The van der Waals surface area contributed by atoms with Crippen LogP contribution >= 0.6 is 0 Å². The molecule has 2 heterocycles. The van der Waals surface area contributed by atoms with E-state index >= 15 is 0 Å². The molecule has 2 aromatic heterocycles. The molecular formula is C15H12F4N2O6S. The van der Waals surface area contributed by atoms with Gasteiger partial charge in [-0.15, -0.1) is 0 Å². The minimum Gasteiger partial charge on any atom is -0.462 e. The molecule has 0 aliphatic heterocycles. The molecule has 1 aliphatic carbocycles. The average molecular weight is 424 g/mol. The van der Waals surface area contributed by atoms with E-state index in [2.05, 4.69) is 9.17 Å². The molecule has 1 saturated carbocycles. The predicted molar refractivity (Wildman–Crippen MR) is 85.8 cm³/mol. The van der Waals surface area contributed by atoms with Gasteiger partial charge in [0.25, 0.3) is 0 Å². The van der Waals surface area contributed by atoms with Gasteiger partial charge in [0.05, 0.1) is 12.8 Å². The highest BCUT2D eigenvalue weighted by atomic mass is 32.2. The van der Waals surface area contributed by atoms with Crippen molar-refractivity contribution < 1.29 is 39.7 Å². The highest BCUT2D eigenvalue weighted by molar-refractivity contribution is 7.88. The number of hydrogen-bond donors (Lipinski definition) is 0. The third-order valence-electron chi connectivity index (χ3n) is 3.86. The first-order valence-corrected chi connectivity index (χ1v) is 9.30. The second kappa shape index (κ2) is 6.72. The van der Waals surface area contributed by atoms with Gasteiger partial charge in [-0.3, -0.25) is 4.79 Å². The molecule has 2 aromatic rings. The molecule has 0 unspecified atom stereocenters. The molecule has 3 rings (SSSR count). The van der Waals surface area contributed by atoms with Gasteiger partial charge in [0.15, 0.2) is 5.82 Å². The van der Waals surface area contributed by atoms with Crippen LogP contribution in [-0.2, 0) is 14.9 Å². The van der Waals surface area contributed by atoms with Gasteiger partial charge in [-0.1, -0.05) is 0 Å². The van der Waals surface area contributed by atoms with Crippen molar-refractivity contribution in [1.82, 2.24) is 9.55 Å². The van der Waals surface area contributed by atoms with Crippen molar-refractivity contribution >= 4 is 27.1 Å². The molecular weight excluding hydrogens is 412 g/mol. The van der Waals surface area contributed by atoms with Gasteiger partial charge in [-0.2, -0.15) is 21.6 Å². The van der Waals surface area contributed by atoms with Gasteiger partial charge in [-0.25, -0.2) is 14.2 Å². The molecule has 0 bridgehead atoms. The third-order valence-corrected chi connectivity index (χ3v) is 4.81. The molecule has 152 valence electrons. The van der Waals surface area contributed by atoms with Gasteiger partial charge in [0.2, 0.25) is 11.2 Å². The first-order valence-electron chi connectivity index (χ1n) is 7.89. The van der Waals surface area contributed by atoms with Gasteiger partial charge in [0.1, 0.15) is 16.6 Å². The lowest BCUT2D eigenvalue weighted by Crippen LogP contribution is -2.29. The standard InChI is InChI=1S/C15H12F4N2O6S/c1-2-26-14(23)8-6-21(7-3-4-7)11-10(12(8)22)20-5-9(16)13(11)27-28(24,25)15(17,18)19/h5-7H,2-4H2,1H3. The first-order chi connectivity index (χ1) is 13.0.